The van der Waals surface area contributed by atoms with E-state index < -0.39 is 42.4 Å². The summed E-state index contributed by atoms with van der Waals surface area (Å²) in [6, 6.07) is 4.20. The number of rotatable bonds is 12. The Morgan fingerprint density at radius 2 is 1.73 bits per heavy atom. The summed E-state index contributed by atoms with van der Waals surface area (Å²) < 4.78 is 0. The molecule has 0 heterocycles. The molecule has 0 aliphatic heterocycles. The molecule has 0 spiro atoms. The van der Waals surface area contributed by atoms with E-state index in [4.69, 9.17) is 15.9 Å². The van der Waals surface area contributed by atoms with E-state index in [0.717, 1.165) is 17.4 Å². The van der Waals surface area contributed by atoms with E-state index in [0.29, 0.717) is 5.56 Å². The molecule has 0 saturated carbocycles. The molecule has 2 amide bonds. The summed E-state index contributed by atoms with van der Waals surface area (Å²) in [5.41, 5.74) is 6.55. The van der Waals surface area contributed by atoms with Crippen molar-refractivity contribution in [2.75, 3.05) is 24.7 Å². The number of hydrogen-bond acceptors (Lipinski definition) is 8. The van der Waals surface area contributed by atoms with Crippen molar-refractivity contribution in [3.05, 3.63) is 29.8 Å². The molecule has 12 heteroatoms. The lowest BCUT2D eigenvalue weighted by Gasteiger charge is -2.18. The van der Waals surface area contributed by atoms with Crippen LogP contribution in [0.25, 0.3) is 0 Å². The summed E-state index contributed by atoms with van der Waals surface area (Å²) in [5, 5.41) is 24.6. The maximum atomic E-state index is 12.3. The standard InChI is InChI=1S/C18H24N4O7S/c1-20-11-4-2-10(3-5-11)18(29)30-9-13(16(26)21-8-15(24)25)22-14(23)7-6-12(19)17(27)28/h2-5,12-13,20H,6-9,19H2,1H3,(H,21,26)(H,22,23)(H,24,25)(H,27,28)/t12-,13-/m0/s1. The molecule has 0 saturated heterocycles. The van der Waals surface area contributed by atoms with Crippen LogP contribution in [0.4, 0.5) is 5.69 Å². The van der Waals surface area contributed by atoms with Gasteiger partial charge in [-0.1, -0.05) is 11.8 Å². The van der Waals surface area contributed by atoms with E-state index in [1.54, 1.807) is 31.3 Å². The topological polar surface area (TPSA) is 188 Å². The van der Waals surface area contributed by atoms with Gasteiger partial charge in [0.2, 0.25) is 16.9 Å². The maximum absolute atomic E-state index is 12.3. The fourth-order valence-electron chi connectivity index (χ4n) is 2.16. The summed E-state index contributed by atoms with van der Waals surface area (Å²) in [4.78, 5) is 58.0. The number of nitrogens with two attached hydrogens (primary N) is 1. The lowest BCUT2D eigenvalue weighted by Crippen LogP contribution is -2.49. The summed E-state index contributed by atoms with van der Waals surface area (Å²) in [5.74, 6) is -4.10. The highest BCUT2D eigenvalue weighted by Crippen LogP contribution is 2.16. The van der Waals surface area contributed by atoms with Gasteiger partial charge in [0.25, 0.3) is 0 Å². The SMILES string of the molecule is CNc1ccc(C(=O)SC[C@H](NC(=O)CC[C@H](N)C(=O)O)C(=O)NCC(=O)O)cc1. The Morgan fingerprint density at radius 3 is 2.27 bits per heavy atom. The Balaban J connectivity index is 2.72. The molecule has 0 bridgehead atoms. The Hall–Kier alpha value is -3.12. The number of aliphatic carboxylic acids is 2. The highest BCUT2D eigenvalue weighted by Gasteiger charge is 2.24. The van der Waals surface area contributed by atoms with Gasteiger partial charge in [0.15, 0.2) is 0 Å². The molecule has 1 aromatic rings. The Morgan fingerprint density at radius 1 is 1.10 bits per heavy atom. The quantitative estimate of drug-likeness (QED) is 0.247. The molecule has 0 radical (unpaired) electrons. The van der Waals surface area contributed by atoms with Gasteiger partial charge in [0.1, 0.15) is 18.6 Å². The van der Waals surface area contributed by atoms with Gasteiger partial charge >= 0.3 is 11.9 Å². The minimum atomic E-state index is -1.27. The maximum Gasteiger partial charge on any atom is 0.322 e. The van der Waals surface area contributed by atoms with Crippen molar-refractivity contribution in [1.82, 2.24) is 10.6 Å². The van der Waals surface area contributed by atoms with Gasteiger partial charge in [-0.25, -0.2) is 0 Å². The number of hydrogen-bond donors (Lipinski definition) is 6. The van der Waals surface area contributed by atoms with Crippen molar-refractivity contribution in [3.63, 3.8) is 0 Å². The zero-order valence-electron chi connectivity index (χ0n) is 16.2. The molecule has 164 valence electrons. The fourth-order valence-corrected chi connectivity index (χ4v) is 3.02. The van der Waals surface area contributed by atoms with Crippen LogP contribution in [0.1, 0.15) is 23.2 Å². The minimum Gasteiger partial charge on any atom is -0.480 e. The first-order chi connectivity index (χ1) is 14.1. The smallest absolute Gasteiger partial charge is 0.322 e. The highest BCUT2D eigenvalue weighted by atomic mass is 32.2. The monoisotopic (exact) mass is 440 g/mol. The highest BCUT2D eigenvalue weighted by molar-refractivity contribution is 8.14. The molecule has 1 aromatic carbocycles. The summed E-state index contributed by atoms with van der Waals surface area (Å²) in [7, 11) is 1.73. The third-order valence-corrected chi connectivity index (χ3v) is 4.85. The first-order valence-corrected chi connectivity index (χ1v) is 9.84. The Bertz CT molecular complexity index is 785. The summed E-state index contributed by atoms with van der Waals surface area (Å²) in [6.45, 7) is -0.654. The van der Waals surface area contributed by atoms with Crippen LogP contribution in [0, 0.1) is 0 Å². The van der Waals surface area contributed by atoms with Crippen molar-refractivity contribution in [3.8, 4) is 0 Å². The fraction of sp³-hybridized carbons (Fsp3) is 0.389. The van der Waals surface area contributed by atoms with E-state index in [2.05, 4.69) is 16.0 Å². The number of anilines is 1. The van der Waals surface area contributed by atoms with Crippen LogP contribution in [-0.2, 0) is 19.2 Å². The van der Waals surface area contributed by atoms with E-state index in [9.17, 15) is 24.0 Å². The second-order valence-electron chi connectivity index (χ2n) is 6.14. The minimum absolute atomic E-state index is 0.144. The van der Waals surface area contributed by atoms with Crippen LogP contribution < -0.4 is 21.7 Å². The van der Waals surface area contributed by atoms with Crippen molar-refractivity contribution in [2.24, 2.45) is 5.73 Å². The number of thioether (sulfide) groups is 1. The predicted molar refractivity (Wildman–Crippen MR) is 110 cm³/mol. The van der Waals surface area contributed by atoms with Gasteiger partial charge in [-0.3, -0.25) is 24.0 Å². The van der Waals surface area contributed by atoms with Crippen molar-refractivity contribution in [2.45, 2.75) is 24.9 Å². The molecule has 11 nitrogen and oxygen atoms in total. The zero-order chi connectivity index (χ0) is 22.7. The first-order valence-electron chi connectivity index (χ1n) is 8.86. The predicted octanol–water partition coefficient (Wildman–Crippen LogP) is -0.521. The number of carboxylic acid groups (broad SMARTS) is 2. The summed E-state index contributed by atoms with van der Waals surface area (Å²) in [6.07, 6.45) is -0.394. The molecule has 0 aliphatic rings. The average molecular weight is 440 g/mol. The van der Waals surface area contributed by atoms with Gasteiger partial charge in [-0.15, -0.1) is 0 Å². The van der Waals surface area contributed by atoms with E-state index in [1.807, 2.05) is 0 Å². The second-order valence-corrected chi connectivity index (χ2v) is 7.13. The van der Waals surface area contributed by atoms with Gasteiger partial charge in [0.05, 0.1) is 0 Å². The third-order valence-electron chi connectivity index (χ3n) is 3.86. The zero-order valence-corrected chi connectivity index (χ0v) is 17.0. The molecule has 7 N–H and O–H groups in total. The van der Waals surface area contributed by atoms with Crippen LogP contribution in [0.3, 0.4) is 0 Å². The van der Waals surface area contributed by atoms with Crippen LogP contribution >= 0.6 is 11.8 Å². The van der Waals surface area contributed by atoms with Crippen molar-refractivity contribution in [1.29, 1.82) is 0 Å². The van der Waals surface area contributed by atoms with Crippen molar-refractivity contribution < 1.29 is 34.2 Å². The number of carbonyl (C=O) groups is 5. The van der Waals surface area contributed by atoms with Crippen molar-refractivity contribution >= 4 is 46.3 Å². The van der Waals surface area contributed by atoms with Crippen LogP contribution in [-0.4, -0.2) is 70.5 Å². The van der Waals surface area contributed by atoms with E-state index in [1.165, 1.54) is 0 Å². The largest absolute Gasteiger partial charge is 0.480 e. The lowest BCUT2D eigenvalue weighted by molar-refractivity contribution is -0.139. The summed E-state index contributed by atoms with van der Waals surface area (Å²) >= 11 is 0.784. The lowest BCUT2D eigenvalue weighted by atomic mass is 10.1. The van der Waals surface area contributed by atoms with Crippen LogP contribution in [0.2, 0.25) is 0 Å². The Labute approximate surface area is 176 Å². The number of carboxylic acids is 2. The van der Waals surface area contributed by atoms with Gasteiger partial charge < -0.3 is 31.9 Å². The normalized spacial score (nSPS) is 12.3. The molecule has 1 rings (SSSR count). The molecule has 30 heavy (non-hydrogen) atoms. The van der Waals surface area contributed by atoms with E-state index in [-0.39, 0.29) is 23.7 Å². The molecular formula is C18H24N4O7S. The van der Waals surface area contributed by atoms with Crippen LogP contribution in [0.5, 0.6) is 0 Å². The van der Waals surface area contributed by atoms with E-state index >= 15 is 0 Å². The molecule has 0 fully saturated rings. The molecule has 0 unspecified atom stereocenters. The van der Waals surface area contributed by atoms with Gasteiger partial charge in [0, 0.05) is 30.5 Å². The second kappa shape index (κ2) is 12.4. The third kappa shape index (κ3) is 8.92. The molecule has 0 aliphatic carbocycles. The van der Waals surface area contributed by atoms with Gasteiger partial charge in [-0.2, -0.15) is 0 Å². The molecular weight excluding hydrogens is 416 g/mol. The number of benzene rings is 1. The first kappa shape index (κ1) is 24.9. The Kier molecular flexibility index (Phi) is 10.3. The number of nitrogens with one attached hydrogen (secondary N) is 3. The van der Waals surface area contributed by atoms with Crippen LogP contribution in [0.15, 0.2) is 24.3 Å². The average Bonchev–Trinajstić information content (AvgIpc) is 2.72. The van der Waals surface area contributed by atoms with Gasteiger partial charge in [-0.05, 0) is 30.7 Å². The molecule has 0 aromatic heterocycles. The number of amides is 2. The number of carbonyl (C=O) groups excluding carboxylic acids is 3. The molecule has 2 atom stereocenters.